The number of hydrogen-bond donors (Lipinski definition) is 1. The van der Waals surface area contributed by atoms with Gasteiger partial charge in [0.25, 0.3) is 0 Å². The molecule has 0 fully saturated rings. The monoisotopic (exact) mass is 333 g/mol. The summed E-state index contributed by atoms with van der Waals surface area (Å²) < 4.78 is 0. The van der Waals surface area contributed by atoms with Gasteiger partial charge >= 0.3 is 5.69 Å². The lowest BCUT2D eigenvalue weighted by Crippen LogP contribution is -2.06. The van der Waals surface area contributed by atoms with Crippen molar-refractivity contribution in [1.29, 1.82) is 0 Å². The zero-order chi connectivity index (χ0) is 17.8. The Morgan fingerprint density at radius 2 is 1.72 bits per heavy atom. The van der Waals surface area contributed by atoms with E-state index in [1.54, 1.807) is 55.6 Å². The highest BCUT2D eigenvalue weighted by Crippen LogP contribution is 2.36. The lowest BCUT2D eigenvalue weighted by molar-refractivity contribution is -0.383. The number of nitrogens with one attached hydrogen (secondary N) is 1. The predicted octanol–water partition coefficient (Wildman–Crippen LogP) is 3.93. The number of nitro groups is 1. The van der Waals surface area contributed by atoms with E-state index >= 15 is 0 Å². The average molecular weight is 333 g/mol. The van der Waals surface area contributed by atoms with E-state index in [0.717, 1.165) is 0 Å². The molecule has 25 heavy (non-hydrogen) atoms. The zero-order valence-electron chi connectivity index (χ0n) is 13.5. The molecule has 1 heterocycles. The summed E-state index contributed by atoms with van der Waals surface area (Å²) in [5.41, 5.74) is 1.67. The van der Waals surface area contributed by atoms with E-state index in [1.165, 1.54) is 12.3 Å². The summed E-state index contributed by atoms with van der Waals surface area (Å²) in [6, 6.07) is 17.1. The molecule has 3 aromatic rings. The van der Waals surface area contributed by atoms with Gasteiger partial charge in [0, 0.05) is 29.9 Å². The minimum Gasteiger partial charge on any atom is -0.382 e. The highest BCUT2D eigenvalue weighted by molar-refractivity contribution is 6.13. The van der Waals surface area contributed by atoms with Crippen molar-refractivity contribution in [3.8, 4) is 11.3 Å². The molecule has 0 spiro atoms. The Kier molecular flexibility index (Phi) is 4.52. The zero-order valence-corrected chi connectivity index (χ0v) is 13.5. The summed E-state index contributed by atoms with van der Waals surface area (Å²) in [6.45, 7) is 0. The highest BCUT2D eigenvalue weighted by atomic mass is 16.6. The highest BCUT2D eigenvalue weighted by Gasteiger charge is 2.25. The van der Waals surface area contributed by atoms with Crippen LogP contribution in [-0.2, 0) is 0 Å². The molecule has 0 amide bonds. The van der Waals surface area contributed by atoms with Crippen molar-refractivity contribution in [2.24, 2.45) is 0 Å². The smallest absolute Gasteiger partial charge is 0.318 e. The van der Waals surface area contributed by atoms with Gasteiger partial charge in [-0.25, -0.2) is 4.98 Å². The lowest BCUT2D eigenvalue weighted by Gasteiger charge is -2.10. The molecule has 0 aliphatic heterocycles. The first-order valence-corrected chi connectivity index (χ1v) is 7.63. The molecule has 0 atom stereocenters. The van der Waals surface area contributed by atoms with Crippen molar-refractivity contribution < 1.29 is 9.72 Å². The topological polar surface area (TPSA) is 85.1 Å². The van der Waals surface area contributed by atoms with Crippen LogP contribution in [0.15, 0.2) is 66.9 Å². The number of anilines is 1. The minimum absolute atomic E-state index is 0.154. The van der Waals surface area contributed by atoms with Crippen LogP contribution in [-0.4, -0.2) is 22.7 Å². The second-order valence-electron chi connectivity index (χ2n) is 5.30. The molecule has 0 saturated heterocycles. The van der Waals surface area contributed by atoms with Crippen molar-refractivity contribution in [2.45, 2.75) is 0 Å². The minimum atomic E-state index is -0.488. The Morgan fingerprint density at radius 3 is 2.40 bits per heavy atom. The molecule has 3 rings (SSSR count). The summed E-state index contributed by atoms with van der Waals surface area (Å²) in [5, 5.41) is 14.4. The fraction of sp³-hybridized carbons (Fsp3) is 0.0526. The number of carbonyl (C=O) groups is 1. The first kappa shape index (κ1) is 16.3. The van der Waals surface area contributed by atoms with E-state index in [-0.39, 0.29) is 17.2 Å². The normalized spacial score (nSPS) is 10.3. The number of hydrogen-bond acceptors (Lipinski definition) is 5. The first-order chi connectivity index (χ1) is 12.1. The third kappa shape index (κ3) is 3.10. The van der Waals surface area contributed by atoms with E-state index in [4.69, 9.17) is 0 Å². The number of rotatable bonds is 5. The molecular formula is C19H15N3O3. The number of aromatic nitrogens is 1. The molecule has 6 heteroatoms. The number of benzene rings is 2. The van der Waals surface area contributed by atoms with Gasteiger partial charge in [-0.1, -0.05) is 54.6 Å². The fourth-order valence-electron chi connectivity index (χ4n) is 2.67. The number of carbonyl (C=O) groups excluding carboxylic acids is 1. The van der Waals surface area contributed by atoms with Gasteiger partial charge in [0.1, 0.15) is 5.69 Å². The number of pyridine rings is 1. The van der Waals surface area contributed by atoms with Crippen LogP contribution in [0.3, 0.4) is 0 Å². The summed E-state index contributed by atoms with van der Waals surface area (Å²) in [5.74, 6) is -0.206. The largest absolute Gasteiger partial charge is 0.382 e. The Hall–Kier alpha value is -3.54. The van der Waals surface area contributed by atoms with Crippen molar-refractivity contribution in [3.05, 3.63) is 88.1 Å². The third-order valence-electron chi connectivity index (χ3n) is 3.84. The van der Waals surface area contributed by atoms with Gasteiger partial charge in [0.2, 0.25) is 0 Å². The molecule has 0 aliphatic rings. The van der Waals surface area contributed by atoms with Gasteiger partial charge in [-0.15, -0.1) is 0 Å². The maximum atomic E-state index is 12.9. The maximum Gasteiger partial charge on any atom is 0.318 e. The van der Waals surface area contributed by atoms with E-state index in [2.05, 4.69) is 10.3 Å². The van der Waals surface area contributed by atoms with Crippen molar-refractivity contribution in [2.75, 3.05) is 12.4 Å². The molecule has 1 aromatic heterocycles. The maximum absolute atomic E-state index is 12.9. The van der Waals surface area contributed by atoms with Gasteiger partial charge in [-0.05, 0) is 6.07 Å². The van der Waals surface area contributed by atoms with Crippen LogP contribution < -0.4 is 5.32 Å². The van der Waals surface area contributed by atoms with E-state index < -0.39 is 4.92 Å². The van der Waals surface area contributed by atoms with Crippen LogP contribution in [0.2, 0.25) is 0 Å². The molecule has 1 N–H and O–H groups in total. The second-order valence-corrected chi connectivity index (χ2v) is 5.30. The number of ketones is 1. The molecule has 0 unspecified atom stereocenters. The lowest BCUT2D eigenvalue weighted by atomic mass is 9.95. The first-order valence-electron chi connectivity index (χ1n) is 7.63. The molecule has 0 aliphatic carbocycles. The van der Waals surface area contributed by atoms with Crippen molar-refractivity contribution >= 4 is 17.2 Å². The van der Waals surface area contributed by atoms with E-state index in [0.29, 0.717) is 22.4 Å². The molecule has 124 valence electrons. The fourth-order valence-corrected chi connectivity index (χ4v) is 2.67. The quantitative estimate of drug-likeness (QED) is 0.434. The van der Waals surface area contributed by atoms with Crippen molar-refractivity contribution in [1.82, 2.24) is 4.98 Å². The molecular weight excluding hydrogens is 318 g/mol. The van der Waals surface area contributed by atoms with E-state index in [9.17, 15) is 14.9 Å². The van der Waals surface area contributed by atoms with Crippen LogP contribution in [0.4, 0.5) is 11.4 Å². The Labute approximate surface area is 144 Å². The SMILES string of the molecule is CNc1ccnc(-c2ccccc2C(=O)c2ccccc2)c1[N+](=O)[O-]. The van der Waals surface area contributed by atoms with Crippen LogP contribution in [0.1, 0.15) is 15.9 Å². The summed E-state index contributed by atoms with van der Waals surface area (Å²) in [6.07, 6.45) is 1.48. The van der Waals surface area contributed by atoms with Crippen LogP contribution >= 0.6 is 0 Å². The molecule has 0 radical (unpaired) electrons. The summed E-state index contributed by atoms with van der Waals surface area (Å²) >= 11 is 0. The van der Waals surface area contributed by atoms with Crippen LogP contribution in [0.5, 0.6) is 0 Å². The Morgan fingerprint density at radius 1 is 1.04 bits per heavy atom. The predicted molar refractivity (Wildman–Crippen MR) is 95.7 cm³/mol. The molecule has 0 saturated carbocycles. The Bertz CT molecular complexity index is 940. The standard InChI is InChI=1S/C19H15N3O3/c1-20-16-11-12-21-17(18(16)22(24)25)14-9-5-6-10-15(14)19(23)13-7-3-2-4-8-13/h2-12H,1H3,(H,20,21). The van der Waals surface area contributed by atoms with Crippen LogP contribution in [0.25, 0.3) is 11.3 Å². The average Bonchev–Trinajstić information content (AvgIpc) is 2.67. The van der Waals surface area contributed by atoms with Gasteiger partial charge < -0.3 is 5.32 Å². The summed E-state index contributed by atoms with van der Waals surface area (Å²) in [7, 11) is 1.60. The van der Waals surface area contributed by atoms with Gasteiger partial charge in [-0.2, -0.15) is 0 Å². The van der Waals surface area contributed by atoms with Gasteiger partial charge in [0.05, 0.1) is 4.92 Å². The van der Waals surface area contributed by atoms with E-state index in [1.807, 2.05) is 6.07 Å². The summed E-state index contributed by atoms with van der Waals surface area (Å²) in [4.78, 5) is 28.1. The third-order valence-corrected chi connectivity index (χ3v) is 3.84. The van der Waals surface area contributed by atoms with Crippen molar-refractivity contribution in [3.63, 3.8) is 0 Å². The molecule has 0 bridgehead atoms. The van der Waals surface area contributed by atoms with Gasteiger partial charge in [-0.3, -0.25) is 14.9 Å². The number of nitrogens with zero attached hydrogens (tertiary/aromatic N) is 2. The molecule has 6 nitrogen and oxygen atoms in total. The Balaban J connectivity index is 2.21. The second kappa shape index (κ2) is 6.92. The van der Waals surface area contributed by atoms with Gasteiger partial charge in [0.15, 0.2) is 11.5 Å². The molecule has 2 aromatic carbocycles. The van der Waals surface area contributed by atoms with Crippen LogP contribution in [0, 0.1) is 10.1 Å².